The van der Waals surface area contributed by atoms with E-state index < -0.39 is 0 Å². The molecule has 1 saturated carbocycles. The van der Waals surface area contributed by atoms with Crippen LogP contribution < -0.4 is 14.8 Å². The molecule has 0 aromatic heterocycles. The van der Waals surface area contributed by atoms with Crippen molar-refractivity contribution in [2.45, 2.75) is 45.6 Å². The van der Waals surface area contributed by atoms with Gasteiger partial charge in [-0.2, -0.15) is 0 Å². The zero-order valence-corrected chi connectivity index (χ0v) is 16.2. The summed E-state index contributed by atoms with van der Waals surface area (Å²) in [6.07, 6.45) is 4.63. The van der Waals surface area contributed by atoms with Gasteiger partial charge in [-0.3, -0.25) is 4.79 Å². The van der Waals surface area contributed by atoms with Crippen LogP contribution in [-0.2, 0) is 17.6 Å². The van der Waals surface area contributed by atoms with Gasteiger partial charge < -0.3 is 14.8 Å². The molecule has 1 N–H and O–H groups in total. The molecule has 0 bridgehead atoms. The summed E-state index contributed by atoms with van der Waals surface area (Å²) in [6.45, 7) is 4.77. The number of nitrogens with one attached hydrogen (secondary N) is 1. The van der Waals surface area contributed by atoms with Gasteiger partial charge in [0.05, 0.1) is 12.6 Å². The van der Waals surface area contributed by atoms with Gasteiger partial charge in [-0.05, 0) is 73.9 Å². The van der Waals surface area contributed by atoms with E-state index in [2.05, 4.69) is 41.7 Å². The highest BCUT2D eigenvalue weighted by molar-refractivity contribution is 5.73. The Kier molecular flexibility index (Phi) is 6.74. The largest absolute Gasteiger partial charge is 0.493 e. The fourth-order valence-electron chi connectivity index (χ4n) is 2.90. The van der Waals surface area contributed by atoms with E-state index in [9.17, 15) is 4.79 Å². The first-order chi connectivity index (χ1) is 13.1. The normalized spacial score (nSPS) is 14.4. The molecule has 0 aliphatic heterocycles. The highest BCUT2D eigenvalue weighted by atomic mass is 16.5. The Balaban J connectivity index is 1.40. The molecule has 2 aromatic carbocycles. The number of ether oxygens (including phenoxy) is 2. The molecule has 0 heterocycles. The van der Waals surface area contributed by atoms with E-state index in [-0.39, 0.29) is 11.9 Å². The van der Waals surface area contributed by atoms with E-state index in [4.69, 9.17) is 9.47 Å². The number of aryl methyl sites for hydroxylation is 2. The van der Waals surface area contributed by atoms with E-state index in [0.29, 0.717) is 6.61 Å². The summed E-state index contributed by atoms with van der Waals surface area (Å²) in [7, 11) is 0. The molecule has 0 saturated heterocycles. The van der Waals surface area contributed by atoms with Crippen LogP contribution in [0.25, 0.3) is 0 Å². The maximum atomic E-state index is 11.0. The maximum absolute atomic E-state index is 11.0. The highest BCUT2D eigenvalue weighted by Crippen LogP contribution is 2.29. The van der Waals surface area contributed by atoms with Crippen LogP contribution in [0.2, 0.25) is 0 Å². The Morgan fingerprint density at radius 2 is 1.48 bits per heavy atom. The van der Waals surface area contributed by atoms with Crippen LogP contribution in [0.5, 0.6) is 11.5 Å². The lowest BCUT2D eigenvalue weighted by molar-refractivity contribution is -0.119. The predicted octanol–water partition coefficient (Wildman–Crippen LogP) is 4.16. The van der Waals surface area contributed by atoms with Crippen LogP contribution in [-0.4, -0.2) is 25.2 Å². The molecule has 1 aliphatic carbocycles. The van der Waals surface area contributed by atoms with Gasteiger partial charge in [0.1, 0.15) is 18.1 Å². The molecule has 0 unspecified atom stereocenters. The Bertz CT molecular complexity index is 720. The molecule has 2 aromatic rings. The molecule has 27 heavy (non-hydrogen) atoms. The average molecular weight is 367 g/mol. The lowest BCUT2D eigenvalue weighted by atomic mass is 10.0. The third-order valence-electron chi connectivity index (χ3n) is 4.68. The third-order valence-corrected chi connectivity index (χ3v) is 4.68. The molecule has 3 rings (SSSR count). The van der Waals surface area contributed by atoms with E-state index in [1.165, 1.54) is 30.9 Å². The first-order valence-corrected chi connectivity index (χ1v) is 9.79. The summed E-state index contributed by atoms with van der Waals surface area (Å²) < 4.78 is 11.5. The van der Waals surface area contributed by atoms with Crippen LogP contribution in [0.15, 0.2) is 48.5 Å². The van der Waals surface area contributed by atoms with E-state index in [1.54, 1.807) is 0 Å². The number of rotatable bonds is 10. The Morgan fingerprint density at radius 1 is 0.963 bits per heavy atom. The van der Waals surface area contributed by atoms with Crippen LogP contribution >= 0.6 is 0 Å². The second-order valence-electron chi connectivity index (χ2n) is 7.45. The lowest BCUT2D eigenvalue weighted by Gasteiger charge is -2.14. The van der Waals surface area contributed by atoms with Gasteiger partial charge in [0.25, 0.3) is 0 Å². The third kappa shape index (κ3) is 6.97. The first-order valence-electron chi connectivity index (χ1n) is 9.79. The zero-order valence-electron chi connectivity index (χ0n) is 16.2. The highest BCUT2D eigenvalue weighted by Gasteiger charge is 2.21. The average Bonchev–Trinajstić information content (AvgIpc) is 3.49. The van der Waals surface area contributed by atoms with Crippen molar-refractivity contribution in [2.75, 3.05) is 13.2 Å². The van der Waals surface area contributed by atoms with Crippen LogP contribution in [0.3, 0.4) is 0 Å². The number of hydrogen-bond donors (Lipinski definition) is 1. The SMILES string of the molecule is CC(=O)N[C@@H](C)COc1ccc(CCc2ccc(OCC3CC3)cc2)cc1. The quantitative estimate of drug-likeness (QED) is 0.686. The van der Waals surface area contributed by atoms with Crippen molar-refractivity contribution in [3.63, 3.8) is 0 Å². The van der Waals surface area contributed by atoms with E-state index in [0.717, 1.165) is 36.9 Å². The summed E-state index contributed by atoms with van der Waals surface area (Å²) in [6, 6.07) is 16.6. The number of carbonyl (C=O) groups is 1. The second-order valence-corrected chi connectivity index (χ2v) is 7.45. The summed E-state index contributed by atoms with van der Waals surface area (Å²) >= 11 is 0. The topological polar surface area (TPSA) is 47.6 Å². The van der Waals surface area contributed by atoms with Crippen LogP contribution in [0.4, 0.5) is 0 Å². The van der Waals surface area contributed by atoms with E-state index >= 15 is 0 Å². The van der Waals surface area contributed by atoms with Crippen molar-refractivity contribution in [2.24, 2.45) is 5.92 Å². The summed E-state index contributed by atoms with van der Waals surface area (Å²) in [5.74, 6) is 2.54. The van der Waals surface area contributed by atoms with Crippen molar-refractivity contribution >= 4 is 5.91 Å². The molecule has 1 atom stereocenters. The van der Waals surface area contributed by atoms with Gasteiger partial charge in [0.2, 0.25) is 5.91 Å². The molecule has 0 spiro atoms. The standard InChI is InChI=1S/C23H29NO3/c1-17(24-18(2)25)15-26-22-11-7-19(8-12-22)3-4-20-9-13-23(14-10-20)27-16-21-5-6-21/h7-14,17,21H,3-6,15-16H2,1-2H3,(H,24,25)/t17-/m0/s1. The second kappa shape index (κ2) is 9.45. The minimum atomic E-state index is -0.0380. The van der Waals surface area contributed by atoms with Gasteiger partial charge in [-0.25, -0.2) is 0 Å². The van der Waals surface area contributed by atoms with Crippen molar-refractivity contribution in [3.05, 3.63) is 59.7 Å². The molecule has 1 fully saturated rings. The Morgan fingerprint density at radius 3 is 1.96 bits per heavy atom. The predicted molar refractivity (Wildman–Crippen MR) is 107 cm³/mol. The number of carbonyl (C=O) groups excluding carboxylic acids is 1. The monoisotopic (exact) mass is 367 g/mol. The summed E-state index contributed by atoms with van der Waals surface area (Å²) in [5.41, 5.74) is 2.60. The minimum Gasteiger partial charge on any atom is -0.493 e. The van der Waals surface area contributed by atoms with Gasteiger partial charge in [-0.1, -0.05) is 24.3 Å². The lowest BCUT2D eigenvalue weighted by Crippen LogP contribution is -2.35. The molecule has 4 nitrogen and oxygen atoms in total. The van der Waals surface area contributed by atoms with Crippen LogP contribution in [0, 0.1) is 5.92 Å². The van der Waals surface area contributed by atoms with Crippen molar-refractivity contribution in [1.29, 1.82) is 0 Å². The van der Waals surface area contributed by atoms with Crippen LogP contribution in [0.1, 0.15) is 37.8 Å². The molecule has 1 aliphatic rings. The molecule has 0 radical (unpaired) electrons. The molecular formula is C23H29NO3. The van der Waals surface area contributed by atoms with Gasteiger partial charge in [0.15, 0.2) is 0 Å². The molecular weight excluding hydrogens is 338 g/mol. The minimum absolute atomic E-state index is 0.00148. The first kappa shape index (κ1) is 19.3. The van der Waals surface area contributed by atoms with Crippen molar-refractivity contribution in [3.8, 4) is 11.5 Å². The summed E-state index contributed by atoms with van der Waals surface area (Å²) in [4.78, 5) is 11.0. The van der Waals surface area contributed by atoms with E-state index in [1.807, 2.05) is 19.1 Å². The maximum Gasteiger partial charge on any atom is 0.217 e. The van der Waals surface area contributed by atoms with Gasteiger partial charge >= 0.3 is 0 Å². The van der Waals surface area contributed by atoms with Gasteiger partial charge in [0, 0.05) is 6.92 Å². The zero-order chi connectivity index (χ0) is 19.1. The fraction of sp³-hybridized carbons (Fsp3) is 0.435. The van der Waals surface area contributed by atoms with Crippen molar-refractivity contribution in [1.82, 2.24) is 5.32 Å². The smallest absolute Gasteiger partial charge is 0.217 e. The molecule has 4 heteroatoms. The number of amides is 1. The molecule has 1 amide bonds. The number of hydrogen-bond acceptors (Lipinski definition) is 3. The Labute approximate surface area is 161 Å². The molecule has 144 valence electrons. The van der Waals surface area contributed by atoms with Gasteiger partial charge in [-0.15, -0.1) is 0 Å². The van der Waals surface area contributed by atoms with Crippen molar-refractivity contribution < 1.29 is 14.3 Å². The number of benzene rings is 2. The fourth-order valence-corrected chi connectivity index (χ4v) is 2.90. The summed E-state index contributed by atoms with van der Waals surface area (Å²) in [5, 5.41) is 2.81. The Hall–Kier alpha value is -2.49.